The molecule has 132 valence electrons. The number of nitrogens with zero attached hydrogens (tertiary/aromatic N) is 1. The highest BCUT2D eigenvalue weighted by Gasteiger charge is 2.28. The van der Waals surface area contributed by atoms with Gasteiger partial charge in [0.2, 0.25) is 0 Å². The van der Waals surface area contributed by atoms with E-state index >= 15 is 0 Å². The van der Waals surface area contributed by atoms with Gasteiger partial charge in [-0.25, -0.2) is 9.59 Å². The maximum absolute atomic E-state index is 12.4. The highest BCUT2D eigenvalue weighted by Crippen LogP contribution is 2.33. The van der Waals surface area contributed by atoms with Crippen molar-refractivity contribution in [1.82, 2.24) is 4.90 Å². The zero-order valence-corrected chi connectivity index (χ0v) is 14.9. The molecule has 2 N–H and O–H groups in total. The minimum atomic E-state index is -0.816. The fraction of sp³-hybridized carbons (Fsp3) is 0.562. The van der Waals surface area contributed by atoms with Crippen LogP contribution in [0, 0.1) is 19.8 Å². The van der Waals surface area contributed by atoms with E-state index in [4.69, 9.17) is 9.84 Å². The summed E-state index contributed by atoms with van der Waals surface area (Å²) < 4.78 is 5.07. The van der Waals surface area contributed by atoms with Crippen LogP contribution in [0.5, 0.6) is 0 Å². The number of hydrogen-bond donors (Lipinski definition) is 2. The lowest BCUT2D eigenvalue weighted by Crippen LogP contribution is -2.42. The first-order chi connectivity index (χ1) is 11.3. The number of aliphatic carboxylic acids is 1. The van der Waals surface area contributed by atoms with E-state index in [0.717, 1.165) is 10.4 Å². The van der Waals surface area contributed by atoms with Gasteiger partial charge in [-0.2, -0.15) is 0 Å². The van der Waals surface area contributed by atoms with Crippen LogP contribution in [-0.4, -0.2) is 47.7 Å². The summed E-state index contributed by atoms with van der Waals surface area (Å²) in [7, 11) is 0. The van der Waals surface area contributed by atoms with Crippen molar-refractivity contribution in [3.63, 3.8) is 0 Å². The molecule has 0 radical (unpaired) electrons. The van der Waals surface area contributed by atoms with Gasteiger partial charge >= 0.3 is 18.0 Å². The van der Waals surface area contributed by atoms with E-state index in [2.05, 4.69) is 5.32 Å². The number of carbonyl (C=O) groups is 3. The van der Waals surface area contributed by atoms with Gasteiger partial charge in [0.25, 0.3) is 0 Å². The van der Waals surface area contributed by atoms with Crippen LogP contribution in [0.4, 0.5) is 9.80 Å². The van der Waals surface area contributed by atoms with Gasteiger partial charge in [-0.15, -0.1) is 11.3 Å². The van der Waals surface area contributed by atoms with Gasteiger partial charge in [-0.3, -0.25) is 10.1 Å². The molecule has 2 heterocycles. The zero-order valence-electron chi connectivity index (χ0n) is 14.0. The molecule has 0 unspecified atom stereocenters. The van der Waals surface area contributed by atoms with Crippen molar-refractivity contribution in [2.75, 3.05) is 25.0 Å². The number of ether oxygens (including phenoxy) is 1. The van der Waals surface area contributed by atoms with E-state index in [1.54, 1.807) is 11.8 Å². The molecular formula is C16H22N2O5S. The standard InChI is InChI=1S/C16H22N2O5S/c1-4-23-15(21)12-9(2)10(3)24-13(12)17-16(22)18-7-5-11(6-8-18)14(19)20/h11H,4-8H2,1-3H3,(H,17,22)(H,19,20). The number of carboxylic acids is 1. The van der Waals surface area contributed by atoms with Crippen LogP contribution in [0.1, 0.15) is 40.6 Å². The molecule has 0 aliphatic carbocycles. The van der Waals surface area contributed by atoms with Crippen LogP contribution in [0.25, 0.3) is 0 Å². The largest absolute Gasteiger partial charge is 0.481 e. The Balaban J connectivity index is 2.08. The lowest BCUT2D eigenvalue weighted by atomic mass is 9.97. The predicted octanol–water partition coefficient (Wildman–Crippen LogP) is 2.87. The van der Waals surface area contributed by atoms with E-state index < -0.39 is 17.9 Å². The average Bonchev–Trinajstić information content (AvgIpc) is 2.82. The Morgan fingerprint density at radius 1 is 1.29 bits per heavy atom. The van der Waals surface area contributed by atoms with Crippen molar-refractivity contribution >= 4 is 34.3 Å². The average molecular weight is 354 g/mol. The normalized spacial score (nSPS) is 15.2. The van der Waals surface area contributed by atoms with Gasteiger partial charge in [-0.1, -0.05) is 0 Å². The molecule has 1 aromatic heterocycles. The SMILES string of the molecule is CCOC(=O)c1c(NC(=O)N2CCC(C(=O)O)CC2)sc(C)c1C. The molecule has 0 aromatic carbocycles. The summed E-state index contributed by atoms with van der Waals surface area (Å²) in [5, 5.41) is 12.3. The number of anilines is 1. The molecule has 0 spiro atoms. The van der Waals surface area contributed by atoms with Crippen molar-refractivity contribution in [3.8, 4) is 0 Å². The first kappa shape index (κ1) is 18.3. The molecular weight excluding hydrogens is 332 g/mol. The lowest BCUT2D eigenvalue weighted by Gasteiger charge is -2.30. The van der Waals surface area contributed by atoms with Crippen molar-refractivity contribution in [3.05, 3.63) is 16.0 Å². The lowest BCUT2D eigenvalue weighted by molar-refractivity contribution is -0.143. The van der Waals surface area contributed by atoms with Crippen molar-refractivity contribution < 1.29 is 24.2 Å². The smallest absolute Gasteiger partial charge is 0.341 e. The monoisotopic (exact) mass is 354 g/mol. The Labute approximate surface area is 144 Å². The maximum atomic E-state index is 12.4. The van der Waals surface area contributed by atoms with Gasteiger partial charge in [0.05, 0.1) is 18.1 Å². The van der Waals surface area contributed by atoms with Crippen LogP contribution in [0.2, 0.25) is 0 Å². The van der Waals surface area contributed by atoms with Crippen LogP contribution < -0.4 is 5.32 Å². The van der Waals surface area contributed by atoms with Crippen molar-refractivity contribution in [2.24, 2.45) is 5.92 Å². The number of amides is 2. The topological polar surface area (TPSA) is 95.9 Å². The van der Waals surface area contributed by atoms with Gasteiger partial charge in [0.1, 0.15) is 5.00 Å². The number of thiophene rings is 1. The Kier molecular flexibility index (Phi) is 5.82. The number of carbonyl (C=O) groups excluding carboxylic acids is 2. The minimum Gasteiger partial charge on any atom is -0.481 e. The van der Waals surface area contributed by atoms with E-state index in [1.165, 1.54) is 11.3 Å². The van der Waals surface area contributed by atoms with Crippen LogP contribution in [0.3, 0.4) is 0 Å². The number of urea groups is 1. The number of carboxylic acid groups (broad SMARTS) is 1. The summed E-state index contributed by atoms with van der Waals surface area (Å²) in [6.45, 7) is 6.49. The Morgan fingerprint density at radius 3 is 2.46 bits per heavy atom. The fourth-order valence-electron chi connectivity index (χ4n) is 2.67. The quantitative estimate of drug-likeness (QED) is 0.811. The molecule has 0 bridgehead atoms. The first-order valence-corrected chi connectivity index (χ1v) is 8.72. The molecule has 0 atom stereocenters. The Hall–Kier alpha value is -2.09. The van der Waals surface area contributed by atoms with Gasteiger partial charge in [0.15, 0.2) is 0 Å². The van der Waals surface area contributed by atoms with Gasteiger partial charge in [0, 0.05) is 18.0 Å². The summed E-state index contributed by atoms with van der Waals surface area (Å²) in [6, 6.07) is -0.314. The summed E-state index contributed by atoms with van der Waals surface area (Å²) in [4.78, 5) is 38.0. The van der Waals surface area contributed by atoms with E-state index in [-0.39, 0.29) is 12.6 Å². The molecule has 1 aliphatic heterocycles. The van der Waals surface area contributed by atoms with Crippen molar-refractivity contribution in [2.45, 2.75) is 33.6 Å². The molecule has 7 nitrogen and oxygen atoms in total. The zero-order chi connectivity index (χ0) is 17.9. The summed E-state index contributed by atoms with van der Waals surface area (Å²) in [5.74, 6) is -1.65. The third kappa shape index (κ3) is 3.87. The molecule has 1 aliphatic rings. The van der Waals surface area contributed by atoms with Gasteiger partial charge in [-0.05, 0) is 39.2 Å². The molecule has 0 saturated carbocycles. The van der Waals surface area contributed by atoms with E-state index in [9.17, 15) is 14.4 Å². The summed E-state index contributed by atoms with van der Waals surface area (Å²) in [5.41, 5.74) is 1.20. The first-order valence-electron chi connectivity index (χ1n) is 7.91. The Morgan fingerprint density at radius 2 is 1.92 bits per heavy atom. The number of esters is 1. The fourth-order valence-corrected chi connectivity index (χ4v) is 3.71. The van der Waals surface area contributed by atoms with Crippen LogP contribution >= 0.6 is 11.3 Å². The second-order valence-corrected chi connectivity index (χ2v) is 6.96. The number of aryl methyl sites for hydroxylation is 1. The second kappa shape index (κ2) is 7.65. The molecule has 2 amide bonds. The summed E-state index contributed by atoms with van der Waals surface area (Å²) >= 11 is 1.34. The second-order valence-electron chi connectivity index (χ2n) is 5.74. The maximum Gasteiger partial charge on any atom is 0.341 e. The number of nitrogens with one attached hydrogen (secondary N) is 1. The van der Waals surface area contributed by atoms with E-state index in [0.29, 0.717) is 36.5 Å². The molecule has 2 rings (SSSR count). The van der Waals surface area contributed by atoms with Gasteiger partial charge < -0.3 is 14.7 Å². The Bertz CT molecular complexity index is 647. The molecule has 1 aromatic rings. The number of piperidine rings is 1. The highest BCUT2D eigenvalue weighted by atomic mass is 32.1. The minimum absolute atomic E-state index is 0.267. The summed E-state index contributed by atoms with van der Waals surface area (Å²) in [6.07, 6.45) is 0.881. The van der Waals surface area contributed by atoms with Crippen LogP contribution in [0.15, 0.2) is 0 Å². The number of hydrogen-bond acceptors (Lipinski definition) is 5. The molecule has 1 saturated heterocycles. The van der Waals surface area contributed by atoms with E-state index in [1.807, 2.05) is 13.8 Å². The third-order valence-electron chi connectivity index (χ3n) is 4.22. The van der Waals surface area contributed by atoms with Crippen LogP contribution in [-0.2, 0) is 9.53 Å². The molecule has 24 heavy (non-hydrogen) atoms. The van der Waals surface area contributed by atoms with Crippen molar-refractivity contribution in [1.29, 1.82) is 0 Å². The third-order valence-corrected chi connectivity index (χ3v) is 5.34. The number of rotatable bonds is 4. The predicted molar refractivity (Wildman–Crippen MR) is 90.7 cm³/mol. The molecule has 1 fully saturated rings. The molecule has 8 heteroatoms. The number of likely N-dealkylation sites (tertiary alicyclic amines) is 1. The highest BCUT2D eigenvalue weighted by molar-refractivity contribution is 7.16.